The molecule has 0 saturated heterocycles. The van der Waals surface area contributed by atoms with Crippen molar-refractivity contribution in [2.24, 2.45) is 5.92 Å². The van der Waals surface area contributed by atoms with Crippen LogP contribution < -0.4 is 0 Å². The van der Waals surface area contributed by atoms with E-state index in [1.165, 1.54) is 23.3 Å². The molecule has 1 aromatic rings. The molecule has 2 unspecified atom stereocenters. The first-order valence-corrected chi connectivity index (χ1v) is 5.12. The van der Waals surface area contributed by atoms with Gasteiger partial charge in [0.1, 0.15) is 5.76 Å². The van der Waals surface area contributed by atoms with Crippen molar-refractivity contribution < 1.29 is 4.42 Å². The Labute approximate surface area is 81.1 Å². The van der Waals surface area contributed by atoms with Gasteiger partial charge >= 0.3 is 0 Å². The summed E-state index contributed by atoms with van der Waals surface area (Å²) in [7, 11) is 0. The van der Waals surface area contributed by atoms with Crippen LogP contribution in [-0.2, 0) is 0 Å². The molecule has 0 aliphatic rings. The predicted octanol–water partition coefficient (Wildman–Crippen LogP) is 4.05. The van der Waals surface area contributed by atoms with Crippen molar-refractivity contribution >= 4 is 0 Å². The van der Waals surface area contributed by atoms with E-state index in [4.69, 9.17) is 4.42 Å². The molecule has 0 aromatic carbocycles. The van der Waals surface area contributed by atoms with E-state index in [2.05, 4.69) is 34.6 Å². The smallest absolute Gasteiger partial charge is 0.110 e. The summed E-state index contributed by atoms with van der Waals surface area (Å²) in [5, 5.41) is 0. The van der Waals surface area contributed by atoms with Crippen LogP contribution in [0.1, 0.15) is 50.0 Å². The van der Waals surface area contributed by atoms with Crippen molar-refractivity contribution in [1.29, 1.82) is 0 Å². The van der Waals surface area contributed by atoms with Gasteiger partial charge in [0.15, 0.2) is 0 Å². The minimum absolute atomic E-state index is 0.540. The van der Waals surface area contributed by atoms with Crippen molar-refractivity contribution in [3.05, 3.63) is 23.2 Å². The van der Waals surface area contributed by atoms with E-state index < -0.39 is 0 Å². The fraction of sp³-hybridized carbons (Fsp3) is 0.667. The molecule has 1 rings (SSSR count). The van der Waals surface area contributed by atoms with Crippen molar-refractivity contribution in [2.45, 2.75) is 47.0 Å². The lowest BCUT2D eigenvalue weighted by Gasteiger charge is -2.16. The maximum atomic E-state index is 5.58. The molecule has 0 aliphatic carbocycles. The first kappa shape index (κ1) is 10.4. The molecule has 0 bridgehead atoms. The lowest BCUT2D eigenvalue weighted by molar-refractivity contribution is 0.386. The van der Waals surface area contributed by atoms with Gasteiger partial charge in [0.05, 0.1) is 6.26 Å². The maximum Gasteiger partial charge on any atom is 0.110 e. The summed E-state index contributed by atoms with van der Waals surface area (Å²) in [4.78, 5) is 0. The highest BCUT2D eigenvalue weighted by Gasteiger charge is 2.18. The summed E-state index contributed by atoms with van der Waals surface area (Å²) in [6.45, 7) is 11.0. The number of furan rings is 1. The zero-order valence-electron chi connectivity index (χ0n) is 9.35. The van der Waals surface area contributed by atoms with Gasteiger partial charge in [0, 0.05) is 5.92 Å². The fourth-order valence-corrected chi connectivity index (χ4v) is 1.58. The topological polar surface area (TPSA) is 13.1 Å². The Morgan fingerprint density at radius 1 is 1.31 bits per heavy atom. The predicted molar refractivity (Wildman–Crippen MR) is 56.1 cm³/mol. The number of hydrogen-bond donors (Lipinski definition) is 0. The van der Waals surface area contributed by atoms with Gasteiger partial charge in [-0.15, -0.1) is 0 Å². The standard InChI is InChI=1S/C12H20O/c1-6-8(2)10(4)12-11(5)9(3)7-13-12/h7-8,10H,6H2,1-5H3. The molecule has 1 heteroatoms. The largest absolute Gasteiger partial charge is 0.468 e. The molecule has 0 fully saturated rings. The van der Waals surface area contributed by atoms with Crippen molar-refractivity contribution in [1.82, 2.24) is 0 Å². The SMILES string of the molecule is CCC(C)C(C)c1occ(C)c1C. The molecule has 1 nitrogen and oxygen atoms in total. The Bertz CT molecular complexity index is 273. The van der Waals surface area contributed by atoms with Crippen LogP contribution in [0.5, 0.6) is 0 Å². The van der Waals surface area contributed by atoms with E-state index in [1.54, 1.807) is 0 Å². The molecule has 0 amide bonds. The Morgan fingerprint density at radius 3 is 2.31 bits per heavy atom. The molecule has 0 spiro atoms. The average Bonchev–Trinajstić information content (AvgIpc) is 2.45. The Kier molecular flexibility index (Phi) is 3.18. The van der Waals surface area contributed by atoms with E-state index in [0.29, 0.717) is 11.8 Å². The van der Waals surface area contributed by atoms with Gasteiger partial charge < -0.3 is 4.42 Å². The lowest BCUT2D eigenvalue weighted by atomic mass is 9.89. The Balaban J connectivity index is 2.88. The summed E-state index contributed by atoms with van der Waals surface area (Å²) < 4.78 is 5.58. The van der Waals surface area contributed by atoms with E-state index in [1.807, 2.05) is 6.26 Å². The second-order valence-electron chi connectivity index (χ2n) is 4.08. The normalized spacial score (nSPS) is 15.8. The molecule has 0 N–H and O–H groups in total. The molecular weight excluding hydrogens is 160 g/mol. The van der Waals surface area contributed by atoms with Crippen LogP contribution in [0.3, 0.4) is 0 Å². The van der Waals surface area contributed by atoms with E-state index >= 15 is 0 Å². The maximum absolute atomic E-state index is 5.58. The first-order valence-electron chi connectivity index (χ1n) is 5.12. The summed E-state index contributed by atoms with van der Waals surface area (Å²) in [5.41, 5.74) is 2.60. The number of rotatable bonds is 3. The molecule has 0 radical (unpaired) electrons. The van der Waals surface area contributed by atoms with E-state index in [-0.39, 0.29) is 0 Å². The Hall–Kier alpha value is -0.720. The van der Waals surface area contributed by atoms with Gasteiger partial charge in [-0.2, -0.15) is 0 Å². The van der Waals surface area contributed by atoms with E-state index in [9.17, 15) is 0 Å². The van der Waals surface area contributed by atoms with Gasteiger partial charge in [0.2, 0.25) is 0 Å². The zero-order valence-corrected chi connectivity index (χ0v) is 9.35. The van der Waals surface area contributed by atoms with Crippen molar-refractivity contribution in [3.63, 3.8) is 0 Å². The molecule has 1 aromatic heterocycles. The van der Waals surface area contributed by atoms with Crippen LogP contribution in [-0.4, -0.2) is 0 Å². The van der Waals surface area contributed by atoms with Crippen molar-refractivity contribution in [2.75, 3.05) is 0 Å². The summed E-state index contributed by atoms with van der Waals surface area (Å²) in [6.07, 6.45) is 3.07. The number of hydrogen-bond acceptors (Lipinski definition) is 1. The molecule has 0 aliphatic heterocycles. The first-order chi connectivity index (χ1) is 6.07. The molecule has 74 valence electrons. The second kappa shape index (κ2) is 3.99. The summed E-state index contributed by atoms with van der Waals surface area (Å²) >= 11 is 0. The summed E-state index contributed by atoms with van der Waals surface area (Å²) in [6, 6.07) is 0. The monoisotopic (exact) mass is 180 g/mol. The van der Waals surface area contributed by atoms with Crippen LogP contribution in [0.2, 0.25) is 0 Å². The zero-order chi connectivity index (χ0) is 10.0. The van der Waals surface area contributed by atoms with Gasteiger partial charge in [-0.05, 0) is 30.9 Å². The third-order valence-corrected chi connectivity index (χ3v) is 3.23. The lowest BCUT2D eigenvalue weighted by Crippen LogP contribution is -2.05. The van der Waals surface area contributed by atoms with Crippen LogP contribution in [0.4, 0.5) is 0 Å². The van der Waals surface area contributed by atoms with Gasteiger partial charge in [0.25, 0.3) is 0 Å². The highest BCUT2D eigenvalue weighted by Crippen LogP contribution is 2.30. The van der Waals surface area contributed by atoms with Gasteiger partial charge in [-0.25, -0.2) is 0 Å². The second-order valence-corrected chi connectivity index (χ2v) is 4.08. The highest BCUT2D eigenvalue weighted by atomic mass is 16.3. The highest BCUT2D eigenvalue weighted by molar-refractivity contribution is 5.27. The molecule has 2 atom stereocenters. The molecule has 0 saturated carbocycles. The van der Waals surface area contributed by atoms with E-state index in [0.717, 1.165) is 0 Å². The van der Waals surface area contributed by atoms with Crippen LogP contribution >= 0.6 is 0 Å². The van der Waals surface area contributed by atoms with Crippen LogP contribution in [0, 0.1) is 19.8 Å². The number of aryl methyl sites for hydroxylation is 1. The Morgan fingerprint density at radius 2 is 1.92 bits per heavy atom. The third kappa shape index (κ3) is 1.96. The van der Waals surface area contributed by atoms with Crippen LogP contribution in [0.15, 0.2) is 10.7 Å². The third-order valence-electron chi connectivity index (χ3n) is 3.23. The molecular formula is C12H20O. The van der Waals surface area contributed by atoms with Crippen LogP contribution in [0.25, 0.3) is 0 Å². The summed E-state index contributed by atoms with van der Waals surface area (Å²) in [5.74, 6) is 2.41. The average molecular weight is 180 g/mol. The molecule has 1 heterocycles. The minimum Gasteiger partial charge on any atom is -0.468 e. The quantitative estimate of drug-likeness (QED) is 0.684. The van der Waals surface area contributed by atoms with Gasteiger partial charge in [-0.3, -0.25) is 0 Å². The molecule has 13 heavy (non-hydrogen) atoms. The fourth-order valence-electron chi connectivity index (χ4n) is 1.58. The minimum atomic E-state index is 0.540. The van der Waals surface area contributed by atoms with Gasteiger partial charge in [-0.1, -0.05) is 27.2 Å². The van der Waals surface area contributed by atoms with Crippen molar-refractivity contribution in [3.8, 4) is 0 Å².